The van der Waals surface area contributed by atoms with E-state index in [1.54, 1.807) is 6.08 Å². The fourth-order valence-electron chi connectivity index (χ4n) is 1.70. The molecule has 4 heteroatoms. The lowest BCUT2D eigenvalue weighted by Crippen LogP contribution is -2.35. The van der Waals surface area contributed by atoms with E-state index < -0.39 is 18.4 Å². The molecule has 1 aliphatic carbocycles. The van der Waals surface area contributed by atoms with Crippen LogP contribution in [-0.2, 0) is 4.74 Å². The van der Waals surface area contributed by atoms with Gasteiger partial charge in [-0.1, -0.05) is 6.08 Å². The Hall–Kier alpha value is -1.06. The number of amides is 1. The Bertz CT molecular complexity index is 243. The Morgan fingerprint density at radius 1 is 1.60 bits per heavy atom. The van der Waals surface area contributed by atoms with E-state index in [1.165, 1.54) is 0 Å². The first-order valence-electron chi connectivity index (χ1n) is 5.26. The molecule has 3 atom stereocenters. The van der Waals surface area contributed by atoms with Crippen LogP contribution in [0.15, 0.2) is 12.7 Å². The minimum atomic E-state index is -1.06. The van der Waals surface area contributed by atoms with E-state index in [2.05, 4.69) is 11.9 Å². The molecule has 0 aromatic carbocycles. The lowest BCUT2D eigenvalue weighted by molar-refractivity contribution is 0.0592. The van der Waals surface area contributed by atoms with Crippen molar-refractivity contribution in [3.05, 3.63) is 12.7 Å². The molecule has 0 aliphatic heterocycles. The highest BCUT2D eigenvalue weighted by Crippen LogP contribution is 2.31. The van der Waals surface area contributed by atoms with E-state index >= 15 is 0 Å². The number of nitrogens with one attached hydrogen (secondary N) is 1. The molecule has 0 saturated heterocycles. The first kappa shape index (κ1) is 12.0. The normalized spacial score (nSPS) is 30.3. The summed E-state index contributed by atoms with van der Waals surface area (Å²) >= 11 is 0. The number of carbonyl (C=O) groups excluding carboxylic acids is 1. The summed E-state index contributed by atoms with van der Waals surface area (Å²) in [4.78, 5) is 11.2. The minimum absolute atomic E-state index is 0.00663. The van der Waals surface area contributed by atoms with Crippen LogP contribution in [0.3, 0.4) is 0 Å². The van der Waals surface area contributed by atoms with Crippen molar-refractivity contribution in [3.63, 3.8) is 0 Å². The number of alkyl halides is 1. The third-order valence-electron chi connectivity index (χ3n) is 2.46. The molecule has 0 radical (unpaired) electrons. The molecule has 1 aliphatic rings. The molecule has 0 unspecified atom stereocenters. The van der Waals surface area contributed by atoms with E-state index in [4.69, 9.17) is 4.74 Å². The molecule has 1 saturated carbocycles. The van der Waals surface area contributed by atoms with Gasteiger partial charge in [0.05, 0.1) is 0 Å². The maximum absolute atomic E-state index is 13.4. The standard InChI is InChI=1S/C11H18FNO2/c1-4-8-5-9(12)10(6-8)15-11(14)13-7(2)3/h4,7-10H,1,5-6H2,2-3H3,(H,13,14)/t8-,9+,10-/m0/s1. The third kappa shape index (κ3) is 3.53. The van der Waals surface area contributed by atoms with Crippen molar-refractivity contribution in [1.82, 2.24) is 5.32 Å². The molecule has 3 nitrogen and oxygen atoms in total. The number of carbonyl (C=O) groups is 1. The van der Waals surface area contributed by atoms with Gasteiger partial charge in [-0.3, -0.25) is 0 Å². The molecule has 86 valence electrons. The summed E-state index contributed by atoms with van der Waals surface area (Å²) in [5.41, 5.74) is 0. The van der Waals surface area contributed by atoms with E-state index in [9.17, 15) is 9.18 Å². The van der Waals surface area contributed by atoms with Gasteiger partial charge in [0.2, 0.25) is 0 Å². The highest BCUT2D eigenvalue weighted by molar-refractivity contribution is 5.67. The maximum Gasteiger partial charge on any atom is 0.407 e. The van der Waals surface area contributed by atoms with Crippen LogP contribution in [0.1, 0.15) is 26.7 Å². The SMILES string of the molecule is C=C[C@H]1C[C@@H](F)[C@@H](OC(=O)NC(C)C)C1. The zero-order valence-corrected chi connectivity index (χ0v) is 9.20. The second-order valence-corrected chi connectivity index (χ2v) is 4.23. The van der Waals surface area contributed by atoms with Crippen molar-refractivity contribution < 1.29 is 13.9 Å². The van der Waals surface area contributed by atoms with Crippen molar-refractivity contribution >= 4 is 6.09 Å². The van der Waals surface area contributed by atoms with Gasteiger partial charge >= 0.3 is 6.09 Å². The molecule has 0 aromatic heterocycles. The summed E-state index contributed by atoms with van der Waals surface area (Å²) in [6.45, 7) is 7.27. The summed E-state index contributed by atoms with van der Waals surface area (Å²) in [6.07, 6.45) is 0.440. The van der Waals surface area contributed by atoms with E-state index in [-0.39, 0.29) is 12.0 Å². The van der Waals surface area contributed by atoms with Crippen LogP contribution < -0.4 is 5.32 Å². The van der Waals surface area contributed by atoms with Gasteiger partial charge in [0.15, 0.2) is 0 Å². The van der Waals surface area contributed by atoms with Crippen LogP contribution in [0.4, 0.5) is 9.18 Å². The van der Waals surface area contributed by atoms with Crippen LogP contribution in [-0.4, -0.2) is 24.4 Å². The van der Waals surface area contributed by atoms with Gasteiger partial charge in [0, 0.05) is 6.04 Å². The summed E-state index contributed by atoms with van der Waals surface area (Å²) < 4.78 is 18.4. The Kier molecular flexibility index (Phi) is 4.12. The lowest BCUT2D eigenvalue weighted by atomic mass is 10.1. The Balaban J connectivity index is 2.38. The monoisotopic (exact) mass is 215 g/mol. The molecule has 0 spiro atoms. The van der Waals surface area contributed by atoms with Crippen molar-refractivity contribution in [2.75, 3.05) is 0 Å². The second kappa shape index (κ2) is 5.14. The van der Waals surface area contributed by atoms with Gasteiger partial charge in [-0.05, 0) is 32.6 Å². The van der Waals surface area contributed by atoms with Crippen molar-refractivity contribution in [2.45, 2.75) is 45.0 Å². The van der Waals surface area contributed by atoms with E-state index in [0.717, 1.165) is 0 Å². The molecular formula is C11H18FNO2. The maximum atomic E-state index is 13.4. The number of ether oxygens (including phenoxy) is 1. The van der Waals surface area contributed by atoms with Gasteiger partial charge in [0.25, 0.3) is 0 Å². The van der Waals surface area contributed by atoms with Gasteiger partial charge < -0.3 is 10.1 Å². The zero-order chi connectivity index (χ0) is 11.4. The summed E-state index contributed by atoms with van der Waals surface area (Å²) in [5, 5.41) is 2.57. The molecule has 1 amide bonds. The first-order chi connectivity index (χ1) is 7.02. The van der Waals surface area contributed by atoms with Gasteiger partial charge in [-0.25, -0.2) is 9.18 Å². The number of allylic oxidation sites excluding steroid dienone is 1. The smallest absolute Gasteiger partial charge is 0.407 e. The highest BCUT2D eigenvalue weighted by atomic mass is 19.1. The lowest BCUT2D eigenvalue weighted by Gasteiger charge is -2.16. The van der Waals surface area contributed by atoms with E-state index in [0.29, 0.717) is 12.8 Å². The van der Waals surface area contributed by atoms with Crippen molar-refractivity contribution in [2.24, 2.45) is 5.92 Å². The molecule has 1 N–H and O–H groups in total. The summed E-state index contributed by atoms with van der Waals surface area (Å²) in [6, 6.07) is 0.00663. The van der Waals surface area contributed by atoms with E-state index in [1.807, 2.05) is 13.8 Å². The van der Waals surface area contributed by atoms with Crippen LogP contribution in [0, 0.1) is 5.92 Å². The fraction of sp³-hybridized carbons (Fsp3) is 0.727. The molecule has 15 heavy (non-hydrogen) atoms. The van der Waals surface area contributed by atoms with Crippen LogP contribution in [0.2, 0.25) is 0 Å². The highest BCUT2D eigenvalue weighted by Gasteiger charge is 2.35. The summed E-state index contributed by atoms with van der Waals surface area (Å²) in [5.74, 6) is 0.122. The number of halogens is 1. The predicted octanol–water partition coefficient (Wildman–Crippen LogP) is 2.42. The largest absolute Gasteiger partial charge is 0.443 e. The van der Waals surface area contributed by atoms with Crippen molar-refractivity contribution in [3.8, 4) is 0 Å². The molecular weight excluding hydrogens is 197 g/mol. The van der Waals surface area contributed by atoms with Gasteiger partial charge in [0.1, 0.15) is 12.3 Å². The number of hydrogen-bond acceptors (Lipinski definition) is 2. The summed E-state index contributed by atoms with van der Waals surface area (Å²) in [7, 11) is 0. The number of rotatable bonds is 3. The molecule has 0 aromatic rings. The van der Waals surface area contributed by atoms with Gasteiger partial charge in [-0.15, -0.1) is 6.58 Å². The topological polar surface area (TPSA) is 38.3 Å². The Morgan fingerprint density at radius 2 is 2.27 bits per heavy atom. The van der Waals surface area contributed by atoms with Crippen LogP contribution in [0.25, 0.3) is 0 Å². The molecule has 1 fully saturated rings. The molecule has 0 heterocycles. The second-order valence-electron chi connectivity index (χ2n) is 4.23. The molecule has 1 rings (SSSR count). The molecule has 0 bridgehead atoms. The zero-order valence-electron chi connectivity index (χ0n) is 9.20. The van der Waals surface area contributed by atoms with Gasteiger partial charge in [-0.2, -0.15) is 0 Å². The van der Waals surface area contributed by atoms with Crippen LogP contribution >= 0.6 is 0 Å². The average molecular weight is 215 g/mol. The quantitative estimate of drug-likeness (QED) is 0.734. The Morgan fingerprint density at radius 3 is 2.73 bits per heavy atom. The average Bonchev–Trinajstić information content (AvgIpc) is 2.46. The number of hydrogen-bond donors (Lipinski definition) is 1. The first-order valence-corrected chi connectivity index (χ1v) is 5.26. The minimum Gasteiger partial charge on any atom is -0.443 e. The third-order valence-corrected chi connectivity index (χ3v) is 2.46. The number of alkyl carbamates (subject to hydrolysis) is 1. The fourth-order valence-corrected chi connectivity index (χ4v) is 1.70. The van der Waals surface area contributed by atoms with Crippen molar-refractivity contribution in [1.29, 1.82) is 0 Å². The predicted molar refractivity (Wildman–Crippen MR) is 56.4 cm³/mol. The van der Waals surface area contributed by atoms with Crippen LogP contribution in [0.5, 0.6) is 0 Å². The Labute approximate surface area is 89.7 Å².